The van der Waals surface area contributed by atoms with E-state index in [1.54, 1.807) is 0 Å². The summed E-state index contributed by atoms with van der Waals surface area (Å²) in [7, 11) is 0. The van der Waals surface area contributed by atoms with E-state index >= 15 is 0 Å². The highest BCUT2D eigenvalue weighted by molar-refractivity contribution is 6.03. The van der Waals surface area contributed by atoms with Crippen LogP contribution in [0.15, 0.2) is 0 Å². The molecule has 9 heteroatoms. The first-order chi connectivity index (χ1) is 13.4. The summed E-state index contributed by atoms with van der Waals surface area (Å²) in [6.07, 6.45) is 7.55. The first kappa shape index (κ1) is 19.2. The van der Waals surface area contributed by atoms with Crippen LogP contribution in [0.25, 0.3) is 0 Å². The van der Waals surface area contributed by atoms with Gasteiger partial charge in [0.2, 0.25) is 17.7 Å². The molecule has 9 nitrogen and oxygen atoms in total. The van der Waals surface area contributed by atoms with Crippen LogP contribution < -0.4 is 16.0 Å². The lowest BCUT2D eigenvalue weighted by atomic mass is 9.90. The fraction of sp³-hybridized carbons (Fsp3) is 0.789. The fourth-order valence-electron chi connectivity index (χ4n) is 5.39. The Labute approximate surface area is 164 Å². The lowest BCUT2D eigenvalue weighted by Crippen LogP contribution is -2.45. The molecule has 4 rings (SSSR count). The van der Waals surface area contributed by atoms with Crippen LogP contribution in [-0.4, -0.2) is 77.4 Å². The van der Waals surface area contributed by atoms with E-state index in [9.17, 15) is 19.2 Å². The molecule has 0 spiro atoms. The van der Waals surface area contributed by atoms with Gasteiger partial charge in [-0.3, -0.25) is 24.6 Å². The van der Waals surface area contributed by atoms with E-state index in [1.807, 2.05) is 0 Å². The minimum Gasteiger partial charge on any atom is -0.353 e. The monoisotopic (exact) mass is 391 g/mol. The number of hydrogen-bond acceptors (Lipinski definition) is 5. The number of imide groups is 1. The molecule has 0 bridgehead atoms. The summed E-state index contributed by atoms with van der Waals surface area (Å²) in [6, 6.07) is -0.446. The normalized spacial score (nSPS) is 29.1. The lowest BCUT2D eigenvalue weighted by molar-refractivity contribution is -0.124. The van der Waals surface area contributed by atoms with Gasteiger partial charge in [0, 0.05) is 24.0 Å². The minimum atomic E-state index is -0.524. The van der Waals surface area contributed by atoms with Crippen molar-refractivity contribution in [1.82, 2.24) is 25.8 Å². The highest BCUT2D eigenvalue weighted by Gasteiger charge is 2.45. The van der Waals surface area contributed by atoms with Gasteiger partial charge in [0.15, 0.2) is 0 Å². The van der Waals surface area contributed by atoms with E-state index in [1.165, 1.54) is 17.7 Å². The van der Waals surface area contributed by atoms with E-state index in [2.05, 4.69) is 20.9 Å². The molecule has 4 aliphatic rings. The Bertz CT molecular complexity index is 671. The number of hydrogen-bond donors (Lipinski definition) is 3. The van der Waals surface area contributed by atoms with Crippen LogP contribution in [0.5, 0.6) is 0 Å². The smallest absolute Gasteiger partial charge is 0.325 e. The van der Waals surface area contributed by atoms with Gasteiger partial charge >= 0.3 is 6.03 Å². The largest absolute Gasteiger partial charge is 0.353 e. The maximum atomic E-state index is 12.6. The topological polar surface area (TPSA) is 111 Å². The Morgan fingerprint density at radius 3 is 2.29 bits per heavy atom. The summed E-state index contributed by atoms with van der Waals surface area (Å²) in [5.74, 6) is -0.532. The molecule has 4 fully saturated rings. The van der Waals surface area contributed by atoms with E-state index in [0.717, 1.165) is 38.8 Å². The molecule has 0 unspecified atom stereocenters. The summed E-state index contributed by atoms with van der Waals surface area (Å²) in [6.45, 7) is 2.04. The van der Waals surface area contributed by atoms with Gasteiger partial charge in [0.25, 0.3) is 0 Å². The minimum absolute atomic E-state index is 0.00760. The standard InChI is InChI=1S/C19H29N5O4/c25-15(10-19-5-1-7-24(19)8-2-6-19)20-13-3-4-14(9-13)21-16(26)11-23-12-17(27)22-18(23)28/h13-14H,1-12H2,(H,20,25)(H,21,26)(H,22,27,28)/t13-,14+/m0/s1. The van der Waals surface area contributed by atoms with Crippen LogP contribution >= 0.6 is 0 Å². The summed E-state index contributed by atoms with van der Waals surface area (Å²) in [4.78, 5) is 51.1. The Balaban J connectivity index is 1.20. The molecule has 0 aromatic rings. The quantitative estimate of drug-likeness (QED) is 0.539. The second-order valence-electron chi connectivity index (χ2n) is 8.65. The zero-order valence-corrected chi connectivity index (χ0v) is 16.2. The molecule has 154 valence electrons. The van der Waals surface area contributed by atoms with E-state index in [-0.39, 0.29) is 48.4 Å². The third-order valence-electron chi connectivity index (χ3n) is 6.67. The third-order valence-corrected chi connectivity index (χ3v) is 6.67. The van der Waals surface area contributed by atoms with Crippen molar-refractivity contribution in [1.29, 1.82) is 0 Å². The van der Waals surface area contributed by atoms with Gasteiger partial charge in [-0.2, -0.15) is 0 Å². The summed E-state index contributed by atoms with van der Waals surface area (Å²) < 4.78 is 0. The Kier molecular flexibility index (Phi) is 5.27. The van der Waals surface area contributed by atoms with Crippen LogP contribution in [0.2, 0.25) is 0 Å². The summed E-state index contributed by atoms with van der Waals surface area (Å²) in [5.41, 5.74) is 0.0873. The van der Waals surface area contributed by atoms with Crippen molar-refractivity contribution in [3.8, 4) is 0 Å². The number of nitrogens with zero attached hydrogens (tertiary/aromatic N) is 2. The zero-order chi connectivity index (χ0) is 19.7. The van der Waals surface area contributed by atoms with Gasteiger partial charge < -0.3 is 15.5 Å². The Morgan fingerprint density at radius 2 is 1.68 bits per heavy atom. The molecule has 2 atom stereocenters. The SMILES string of the molecule is O=C1CN(CC(=O)N[C@@H]2CC[C@H](NC(=O)CC34CCCN3CCC4)C2)C(=O)N1. The molecule has 3 N–H and O–H groups in total. The second-order valence-corrected chi connectivity index (χ2v) is 8.65. The molecule has 0 radical (unpaired) electrons. The highest BCUT2D eigenvalue weighted by atomic mass is 16.2. The third kappa shape index (κ3) is 3.99. The second kappa shape index (κ2) is 7.69. The number of rotatable bonds is 6. The van der Waals surface area contributed by atoms with Crippen molar-refractivity contribution in [2.24, 2.45) is 0 Å². The first-order valence-electron chi connectivity index (χ1n) is 10.4. The molecule has 1 aliphatic carbocycles. The van der Waals surface area contributed by atoms with E-state index in [4.69, 9.17) is 0 Å². The molecule has 3 aliphatic heterocycles. The molecule has 28 heavy (non-hydrogen) atoms. The number of carbonyl (C=O) groups excluding carboxylic acids is 4. The van der Waals surface area contributed by atoms with Gasteiger partial charge in [0.05, 0.1) is 0 Å². The average molecular weight is 391 g/mol. The van der Waals surface area contributed by atoms with Crippen molar-refractivity contribution in [3.63, 3.8) is 0 Å². The number of carbonyl (C=O) groups is 4. The molecule has 1 saturated carbocycles. The average Bonchev–Trinajstić information content (AvgIpc) is 3.34. The molecular weight excluding hydrogens is 362 g/mol. The van der Waals surface area contributed by atoms with Crippen LogP contribution in [0.4, 0.5) is 4.79 Å². The van der Waals surface area contributed by atoms with Crippen LogP contribution in [-0.2, 0) is 14.4 Å². The van der Waals surface area contributed by atoms with E-state index < -0.39 is 6.03 Å². The number of fused-ring (bicyclic) bond motifs is 1. The van der Waals surface area contributed by atoms with Crippen LogP contribution in [0.1, 0.15) is 51.4 Å². The van der Waals surface area contributed by atoms with Crippen molar-refractivity contribution in [2.45, 2.75) is 69.0 Å². The Morgan fingerprint density at radius 1 is 1.04 bits per heavy atom. The molecule has 0 aromatic heterocycles. The fourth-order valence-corrected chi connectivity index (χ4v) is 5.39. The molecule has 5 amide bonds. The van der Waals surface area contributed by atoms with Gasteiger partial charge in [-0.25, -0.2) is 4.79 Å². The van der Waals surface area contributed by atoms with Crippen molar-refractivity contribution < 1.29 is 19.2 Å². The predicted molar refractivity (Wildman–Crippen MR) is 100 cm³/mol. The first-order valence-corrected chi connectivity index (χ1v) is 10.4. The zero-order valence-electron chi connectivity index (χ0n) is 16.2. The van der Waals surface area contributed by atoms with Crippen LogP contribution in [0.3, 0.4) is 0 Å². The number of amides is 5. The molecule has 0 aromatic carbocycles. The highest BCUT2D eigenvalue weighted by Crippen LogP contribution is 2.41. The Hall–Kier alpha value is -2.16. The molecule has 3 heterocycles. The maximum Gasteiger partial charge on any atom is 0.325 e. The maximum absolute atomic E-state index is 12.6. The van der Waals surface area contributed by atoms with Gasteiger partial charge in [-0.15, -0.1) is 0 Å². The van der Waals surface area contributed by atoms with Gasteiger partial charge in [0.1, 0.15) is 13.1 Å². The molecule has 3 saturated heterocycles. The van der Waals surface area contributed by atoms with E-state index in [0.29, 0.717) is 12.8 Å². The number of urea groups is 1. The van der Waals surface area contributed by atoms with Crippen LogP contribution in [0, 0.1) is 0 Å². The van der Waals surface area contributed by atoms with Crippen molar-refractivity contribution in [2.75, 3.05) is 26.2 Å². The summed E-state index contributed by atoms with van der Waals surface area (Å²) in [5, 5.41) is 8.24. The van der Waals surface area contributed by atoms with Gasteiger partial charge in [-0.05, 0) is 58.0 Å². The number of nitrogens with one attached hydrogen (secondary N) is 3. The van der Waals surface area contributed by atoms with Crippen molar-refractivity contribution in [3.05, 3.63) is 0 Å². The lowest BCUT2D eigenvalue weighted by Gasteiger charge is -2.31. The predicted octanol–water partition coefficient (Wildman–Crippen LogP) is -0.290. The summed E-state index contributed by atoms with van der Waals surface area (Å²) >= 11 is 0. The van der Waals surface area contributed by atoms with Crippen molar-refractivity contribution >= 4 is 23.8 Å². The molecular formula is C19H29N5O4. The van der Waals surface area contributed by atoms with Gasteiger partial charge in [-0.1, -0.05) is 0 Å².